The summed E-state index contributed by atoms with van der Waals surface area (Å²) in [5, 5.41) is 4.83. The molecule has 0 bridgehead atoms. The molecule has 8 nitrogen and oxygen atoms in total. The molecule has 0 heterocycles. The van der Waals surface area contributed by atoms with Crippen molar-refractivity contribution in [3.63, 3.8) is 0 Å². The van der Waals surface area contributed by atoms with Crippen molar-refractivity contribution >= 4 is 29.4 Å². The minimum Gasteiger partial charge on any atom is -0.465 e. The van der Waals surface area contributed by atoms with Crippen LogP contribution in [0.15, 0.2) is 36.4 Å². The van der Waals surface area contributed by atoms with Crippen LogP contribution in [-0.2, 0) is 19.1 Å². The number of anilines is 1. The Morgan fingerprint density at radius 1 is 1.03 bits per heavy atom. The SMILES string of the molecule is COC(=O)c1ccc(C)c(NC(=O)COC(=O)CCNC(=O)c2ccc(F)cc2F)c1. The topological polar surface area (TPSA) is 111 Å². The molecular formula is C21H20F2N2O6. The maximum atomic E-state index is 13.5. The Kier molecular flexibility index (Phi) is 8.18. The van der Waals surface area contributed by atoms with Gasteiger partial charge in [0, 0.05) is 18.3 Å². The predicted molar refractivity (Wildman–Crippen MR) is 105 cm³/mol. The number of amides is 2. The van der Waals surface area contributed by atoms with Gasteiger partial charge in [-0.3, -0.25) is 14.4 Å². The third-order valence-corrected chi connectivity index (χ3v) is 4.09. The van der Waals surface area contributed by atoms with Crippen molar-refractivity contribution < 1.29 is 37.4 Å². The number of rotatable bonds is 8. The Labute approximate surface area is 176 Å². The lowest BCUT2D eigenvalue weighted by Crippen LogP contribution is -2.28. The fourth-order valence-corrected chi connectivity index (χ4v) is 2.45. The molecule has 0 aromatic heterocycles. The highest BCUT2D eigenvalue weighted by atomic mass is 19.1. The number of carbonyl (C=O) groups is 4. The van der Waals surface area contributed by atoms with Crippen LogP contribution in [0.1, 0.15) is 32.7 Å². The fraction of sp³-hybridized carbons (Fsp3) is 0.238. The monoisotopic (exact) mass is 434 g/mol. The number of methoxy groups -OCH3 is 1. The molecule has 2 amide bonds. The molecule has 10 heteroatoms. The number of ether oxygens (including phenoxy) is 2. The predicted octanol–water partition coefficient (Wildman–Crippen LogP) is 2.36. The van der Waals surface area contributed by atoms with Crippen LogP contribution in [0.2, 0.25) is 0 Å². The van der Waals surface area contributed by atoms with Gasteiger partial charge >= 0.3 is 11.9 Å². The Bertz CT molecular complexity index is 1010. The second-order valence-electron chi connectivity index (χ2n) is 6.36. The molecule has 0 atom stereocenters. The summed E-state index contributed by atoms with van der Waals surface area (Å²) in [6.45, 7) is 0.965. The molecular weight excluding hydrogens is 414 g/mol. The van der Waals surface area contributed by atoms with Crippen molar-refractivity contribution in [3.05, 3.63) is 64.7 Å². The van der Waals surface area contributed by atoms with Crippen molar-refractivity contribution in [2.45, 2.75) is 13.3 Å². The third-order valence-electron chi connectivity index (χ3n) is 4.09. The first kappa shape index (κ1) is 23.5. The van der Waals surface area contributed by atoms with Gasteiger partial charge in [0.15, 0.2) is 6.61 Å². The Morgan fingerprint density at radius 2 is 1.77 bits per heavy atom. The van der Waals surface area contributed by atoms with Crippen molar-refractivity contribution in [1.82, 2.24) is 5.32 Å². The lowest BCUT2D eigenvalue weighted by atomic mass is 10.1. The molecule has 164 valence electrons. The molecule has 2 aromatic rings. The molecule has 31 heavy (non-hydrogen) atoms. The van der Waals surface area contributed by atoms with Gasteiger partial charge in [-0.25, -0.2) is 13.6 Å². The molecule has 0 fully saturated rings. The number of hydrogen-bond donors (Lipinski definition) is 2. The highest BCUT2D eigenvalue weighted by Crippen LogP contribution is 2.17. The van der Waals surface area contributed by atoms with E-state index in [0.717, 1.165) is 12.1 Å². The van der Waals surface area contributed by atoms with Gasteiger partial charge in [-0.1, -0.05) is 6.07 Å². The van der Waals surface area contributed by atoms with E-state index >= 15 is 0 Å². The quantitative estimate of drug-likeness (QED) is 0.617. The molecule has 0 aliphatic carbocycles. The lowest BCUT2D eigenvalue weighted by molar-refractivity contribution is -0.147. The normalized spacial score (nSPS) is 10.2. The molecule has 0 radical (unpaired) electrons. The molecule has 0 saturated carbocycles. The van der Waals surface area contributed by atoms with E-state index in [9.17, 15) is 28.0 Å². The van der Waals surface area contributed by atoms with Gasteiger partial charge in [0.05, 0.1) is 24.7 Å². The van der Waals surface area contributed by atoms with E-state index in [2.05, 4.69) is 15.4 Å². The van der Waals surface area contributed by atoms with Crippen molar-refractivity contribution in [2.24, 2.45) is 0 Å². The van der Waals surface area contributed by atoms with Gasteiger partial charge in [0.2, 0.25) is 0 Å². The summed E-state index contributed by atoms with van der Waals surface area (Å²) in [6.07, 6.45) is -0.265. The maximum absolute atomic E-state index is 13.5. The van der Waals surface area contributed by atoms with Crippen LogP contribution in [-0.4, -0.2) is 44.0 Å². The zero-order valence-corrected chi connectivity index (χ0v) is 16.8. The summed E-state index contributed by atoms with van der Waals surface area (Å²) in [7, 11) is 1.23. The summed E-state index contributed by atoms with van der Waals surface area (Å²) in [5.41, 5.74) is 0.924. The van der Waals surface area contributed by atoms with Crippen molar-refractivity contribution in [1.29, 1.82) is 0 Å². The molecule has 0 saturated heterocycles. The first-order chi connectivity index (χ1) is 14.7. The molecule has 0 aliphatic heterocycles. The van der Waals surface area contributed by atoms with Gasteiger partial charge in [0.25, 0.3) is 11.8 Å². The van der Waals surface area contributed by atoms with Gasteiger partial charge < -0.3 is 20.1 Å². The van der Waals surface area contributed by atoms with Crippen LogP contribution in [0.3, 0.4) is 0 Å². The summed E-state index contributed by atoms with van der Waals surface area (Å²) in [6, 6.07) is 7.10. The average Bonchev–Trinajstić information content (AvgIpc) is 2.73. The first-order valence-electron chi connectivity index (χ1n) is 9.09. The van der Waals surface area contributed by atoms with E-state index in [1.54, 1.807) is 19.1 Å². The van der Waals surface area contributed by atoms with E-state index in [1.807, 2.05) is 0 Å². The van der Waals surface area contributed by atoms with Crippen LogP contribution >= 0.6 is 0 Å². The fourth-order valence-electron chi connectivity index (χ4n) is 2.45. The van der Waals surface area contributed by atoms with Crippen LogP contribution in [0.25, 0.3) is 0 Å². The Balaban J connectivity index is 1.78. The smallest absolute Gasteiger partial charge is 0.337 e. The first-order valence-corrected chi connectivity index (χ1v) is 9.09. The van der Waals surface area contributed by atoms with Crippen LogP contribution in [0.5, 0.6) is 0 Å². The molecule has 0 spiro atoms. The zero-order chi connectivity index (χ0) is 23.0. The summed E-state index contributed by atoms with van der Waals surface area (Å²) in [5.74, 6) is -4.62. The molecule has 2 rings (SSSR count). The lowest BCUT2D eigenvalue weighted by Gasteiger charge is -2.11. The number of carbonyl (C=O) groups excluding carboxylic acids is 4. The van der Waals surface area contributed by atoms with Crippen molar-refractivity contribution in [3.8, 4) is 0 Å². The molecule has 2 N–H and O–H groups in total. The highest BCUT2D eigenvalue weighted by molar-refractivity contribution is 5.96. The Hall–Kier alpha value is -3.82. The van der Waals surface area contributed by atoms with E-state index in [0.29, 0.717) is 17.3 Å². The third kappa shape index (κ3) is 6.88. The Morgan fingerprint density at radius 3 is 2.45 bits per heavy atom. The number of benzene rings is 2. The van der Waals surface area contributed by atoms with E-state index < -0.39 is 42.0 Å². The maximum Gasteiger partial charge on any atom is 0.337 e. The summed E-state index contributed by atoms with van der Waals surface area (Å²) < 4.78 is 35.8. The van der Waals surface area contributed by atoms with Crippen LogP contribution < -0.4 is 10.6 Å². The number of hydrogen-bond acceptors (Lipinski definition) is 6. The number of esters is 2. The average molecular weight is 434 g/mol. The minimum absolute atomic E-state index is 0.170. The highest BCUT2D eigenvalue weighted by Gasteiger charge is 2.14. The van der Waals surface area contributed by atoms with Gasteiger partial charge in [-0.05, 0) is 36.8 Å². The zero-order valence-electron chi connectivity index (χ0n) is 16.8. The molecule has 0 aliphatic rings. The largest absolute Gasteiger partial charge is 0.465 e. The molecule has 0 unspecified atom stereocenters. The van der Waals surface area contributed by atoms with E-state index in [1.165, 1.54) is 13.2 Å². The van der Waals surface area contributed by atoms with Crippen LogP contribution in [0, 0.1) is 18.6 Å². The van der Waals surface area contributed by atoms with E-state index in [4.69, 9.17) is 4.74 Å². The van der Waals surface area contributed by atoms with Gasteiger partial charge in [-0.15, -0.1) is 0 Å². The number of nitrogens with one attached hydrogen (secondary N) is 2. The summed E-state index contributed by atoms with van der Waals surface area (Å²) >= 11 is 0. The van der Waals surface area contributed by atoms with Gasteiger partial charge in [-0.2, -0.15) is 0 Å². The second kappa shape index (κ2) is 10.8. The number of halogens is 2. The van der Waals surface area contributed by atoms with Crippen molar-refractivity contribution in [2.75, 3.05) is 25.6 Å². The minimum atomic E-state index is -1.02. The van der Waals surface area contributed by atoms with Crippen LogP contribution in [0.4, 0.5) is 14.5 Å². The van der Waals surface area contributed by atoms with Gasteiger partial charge in [0.1, 0.15) is 11.6 Å². The number of aryl methyl sites for hydroxylation is 1. The standard InChI is InChI=1S/C21H20F2N2O6/c1-12-3-4-13(21(29)30-2)9-17(12)25-18(26)11-31-19(27)7-8-24-20(28)15-6-5-14(22)10-16(15)23/h3-6,9-10H,7-8,11H2,1-2H3,(H,24,28)(H,25,26). The summed E-state index contributed by atoms with van der Waals surface area (Å²) in [4.78, 5) is 47.2. The van der Waals surface area contributed by atoms with E-state index in [-0.39, 0.29) is 24.1 Å². The molecule has 2 aromatic carbocycles. The second-order valence-corrected chi connectivity index (χ2v) is 6.36.